The van der Waals surface area contributed by atoms with Crippen LogP contribution < -0.4 is 10.4 Å². The number of amides is 2. The van der Waals surface area contributed by atoms with Crippen LogP contribution in [0.15, 0.2) is 62.9 Å². The number of rotatable bonds is 3. The first-order valence-corrected chi connectivity index (χ1v) is 10.3. The van der Waals surface area contributed by atoms with Crippen molar-refractivity contribution < 1.29 is 22.8 Å². The third kappa shape index (κ3) is 5.22. The zero-order valence-corrected chi connectivity index (χ0v) is 18.2. The Balaban J connectivity index is 1.98. The molecule has 2 amide bonds. The van der Waals surface area contributed by atoms with Crippen LogP contribution in [0.4, 0.5) is 18.3 Å². The van der Waals surface area contributed by atoms with Gasteiger partial charge in [-0.05, 0) is 36.4 Å². The fourth-order valence-corrected chi connectivity index (χ4v) is 3.82. The molecule has 2 aromatic carbocycles. The minimum Gasteiger partial charge on any atom is -0.267 e. The second-order valence-corrected chi connectivity index (χ2v) is 8.28. The van der Waals surface area contributed by atoms with E-state index in [1.165, 1.54) is 24.3 Å². The fourth-order valence-electron chi connectivity index (χ4n) is 2.23. The third-order valence-electron chi connectivity index (χ3n) is 3.55. The van der Waals surface area contributed by atoms with Crippen molar-refractivity contribution >= 4 is 60.1 Å². The summed E-state index contributed by atoms with van der Waals surface area (Å²) in [4.78, 5) is 29.0. The van der Waals surface area contributed by atoms with Gasteiger partial charge in [-0.2, -0.15) is 18.2 Å². The molecule has 0 spiro atoms. The predicted octanol–water partition coefficient (Wildman–Crippen LogP) is 5.68. The molecule has 1 heterocycles. The number of carbonyl (C=O) groups excluding carboxylic acids is 2. The Morgan fingerprint density at radius 1 is 1.00 bits per heavy atom. The lowest BCUT2D eigenvalue weighted by molar-refractivity contribution is -0.140. The van der Waals surface area contributed by atoms with Gasteiger partial charge in [-0.3, -0.25) is 15.0 Å². The van der Waals surface area contributed by atoms with Gasteiger partial charge in [0, 0.05) is 25.5 Å². The summed E-state index contributed by atoms with van der Waals surface area (Å²) in [6.45, 7) is 0. The molecule has 0 fully saturated rings. The van der Waals surface area contributed by atoms with E-state index in [0.29, 0.717) is 25.3 Å². The second-order valence-electron chi connectivity index (χ2n) is 5.62. The average molecular weight is 549 g/mol. The number of alkyl halides is 3. The van der Waals surface area contributed by atoms with E-state index in [2.05, 4.69) is 42.3 Å². The summed E-state index contributed by atoms with van der Waals surface area (Å²) < 4.78 is 40.1. The highest BCUT2D eigenvalue weighted by atomic mass is 79.9. The third-order valence-corrected chi connectivity index (χ3v) is 5.36. The highest BCUT2D eigenvalue weighted by Crippen LogP contribution is 2.33. The molecule has 5 nitrogen and oxygen atoms in total. The number of halogens is 5. The van der Waals surface area contributed by atoms with Crippen LogP contribution >= 0.6 is 43.2 Å². The molecule has 0 saturated carbocycles. The predicted molar refractivity (Wildman–Crippen MR) is 110 cm³/mol. The average Bonchev–Trinajstić information content (AvgIpc) is 3.16. The lowest BCUT2D eigenvalue weighted by Gasteiger charge is -2.21. The van der Waals surface area contributed by atoms with E-state index in [4.69, 9.17) is 0 Å². The van der Waals surface area contributed by atoms with Crippen LogP contribution in [0.3, 0.4) is 0 Å². The number of nitrogens with one attached hydrogen (secondary N) is 1. The van der Waals surface area contributed by atoms with Gasteiger partial charge in [0.15, 0.2) is 5.69 Å². The number of benzene rings is 2. The molecule has 29 heavy (non-hydrogen) atoms. The summed E-state index contributed by atoms with van der Waals surface area (Å²) in [5.74, 6) is -1.42. The molecule has 3 aromatic rings. The van der Waals surface area contributed by atoms with Crippen LogP contribution in [-0.2, 0) is 6.18 Å². The molecule has 1 aromatic heterocycles. The van der Waals surface area contributed by atoms with Crippen molar-refractivity contribution in [1.82, 2.24) is 10.4 Å². The smallest absolute Gasteiger partial charge is 0.267 e. The van der Waals surface area contributed by atoms with E-state index in [0.717, 1.165) is 5.38 Å². The molecule has 3 rings (SSSR count). The summed E-state index contributed by atoms with van der Waals surface area (Å²) in [5, 5.41) is 1.18. The van der Waals surface area contributed by atoms with Crippen molar-refractivity contribution in [3.63, 3.8) is 0 Å². The number of hydrogen-bond acceptors (Lipinski definition) is 4. The van der Waals surface area contributed by atoms with Gasteiger partial charge in [0.1, 0.15) is 0 Å². The Bertz CT molecular complexity index is 1070. The normalized spacial score (nSPS) is 11.2. The second kappa shape index (κ2) is 8.64. The van der Waals surface area contributed by atoms with E-state index in [9.17, 15) is 22.8 Å². The number of anilines is 1. The highest BCUT2D eigenvalue weighted by molar-refractivity contribution is 9.10. The molecule has 0 aliphatic heterocycles. The lowest BCUT2D eigenvalue weighted by Crippen LogP contribution is -2.46. The maximum atomic E-state index is 13.0. The van der Waals surface area contributed by atoms with Gasteiger partial charge in [0.2, 0.25) is 5.13 Å². The van der Waals surface area contributed by atoms with Gasteiger partial charge >= 0.3 is 6.18 Å². The molecule has 0 aliphatic rings. The van der Waals surface area contributed by atoms with Gasteiger partial charge in [-0.25, -0.2) is 4.98 Å². The van der Waals surface area contributed by atoms with Crippen LogP contribution in [0, 0.1) is 0 Å². The van der Waals surface area contributed by atoms with Crippen LogP contribution in [-0.4, -0.2) is 16.8 Å². The summed E-state index contributed by atoms with van der Waals surface area (Å²) >= 11 is 7.07. The molecule has 11 heteroatoms. The Morgan fingerprint density at radius 2 is 1.59 bits per heavy atom. The molecule has 0 unspecified atom stereocenters. The molecule has 1 N–H and O–H groups in total. The van der Waals surface area contributed by atoms with E-state index in [-0.39, 0.29) is 16.3 Å². The largest absolute Gasteiger partial charge is 0.434 e. The zero-order valence-electron chi connectivity index (χ0n) is 14.2. The number of hydrogen-bond donors (Lipinski definition) is 1. The number of hydrazine groups is 1. The van der Waals surface area contributed by atoms with Crippen molar-refractivity contribution in [2.45, 2.75) is 6.18 Å². The van der Waals surface area contributed by atoms with Gasteiger partial charge in [0.05, 0.1) is 0 Å². The van der Waals surface area contributed by atoms with Crippen LogP contribution in [0.5, 0.6) is 0 Å². The number of thiazole rings is 1. The first-order valence-electron chi connectivity index (χ1n) is 7.84. The summed E-state index contributed by atoms with van der Waals surface area (Å²) in [7, 11) is 0. The quantitative estimate of drug-likeness (QED) is 0.428. The van der Waals surface area contributed by atoms with Gasteiger partial charge < -0.3 is 0 Å². The van der Waals surface area contributed by atoms with Crippen molar-refractivity contribution in [2.75, 3.05) is 5.01 Å². The number of nitrogens with zero attached hydrogens (tertiary/aromatic N) is 2. The molecule has 0 saturated heterocycles. The first kappa shape index (κ1) is 21.5. The van der Waals surface area contributed by atoms with Gasteiger partial charge in [0.25, 0.3) is 11.8 Å². The highest BCUT2D eigenvalue weighted by Gasteiger charge is 2.35. The van der Waals surface area contributed by atoms with E-state index < -0.39 is 23.7 Å². The van der Waals surface area contributed by atoms with Crippen molar-refractivity contribution in [3.8, 4) is 0 Å². The first-order chi connectivity index (χ1) is 13.6. The van der Waals surface area contributed by atoms with Crippen LogP contribution in [0.2, 0.25) is 0 Å². The Hall–Kier alpha value is -2.24. The molecule has 0 aliphatic carbocycles. The Labute approximate surface area is 183 Å². The van der Waals surface area contributed by atoms with Gasteiger partial charge in [-0.1, -0.05) is 44.0 Å². The molecule has 0 radical (unpaired) electrons. The van der Waals surface area contributed by atoms with Crippen LogP contribution in [0.25, 0.3) is 0 Å². The lowest BCUT2D eigenvalue weighted by atomic mass is 10.2. The molecular formula is C18H10Br2F3N3O2S. The summed E-state index contributed by atoms with van der Waals surface area (Å²) in [5.41, 5.74) is 1.56. The minimum absolute atomic E-state index is 0.151. The maximum Gasteiger partial charge on any atom is 0.434 e. The van der Waals surface area contributed by atoms with Crippen LogP contribution in [0.1, 0.15) is 26.4 Å². The summed E-state index contributed by atoms with van der Waals surface area (Å²) in [6.07, 6.45) is -4.67. The van der Waals surface area contributed by atoms with E-state index >= 15 is 0 Å². The molecule has 150 valence electrons. The molecule has 0 bridgehead atoms. The topological polar surface area (TPSA) is 62.3 Å². The standard InChI is InChI=1S/C18H10Br2F3N3O2S/c19-12-5-1-3-10(7-12)15(27)25-26(16(28)11-4-2-6-13(20)8-11)17-24-14(9-29-17)18(21,22)23/h1-9H,(H,25,27). The molecule has 0 atom stereocenters. The molecular weight excluding hydrogens is 539 g/mol. The van der Waals surface area contributed by atoms with Crippen molar-refractivity contribution in [3.05, 3.63) is 79.7 Å². The van der Waals surface area contributed by atoms with Crippen molar-refractivity contribution in [1.29, 1.82) is 0 Å². The number of aromatic nitrogens is 1. The van der Waals surface area contributed by atoms with Crippen molar-refractivity contribution in [2.24, 2.45) is 0 Å². The zero-order chi connectivity index (χ0) is 21.2. The van der Waals surface area contributed by atoms with E-state index in [1.54, 1.807) is 24.3 Å². The number of carbonyl (C=O) groups is 2. The minimum atomic E-state index is -4.67. The Morgan fingerprint density at radius 3 is 2.14 bits per heavy atom. The van der Waals surface area contributed by atoms with Gasteiger partial charge in [-0.15, -0.1) is 11.3 Å². The monoisotopic (exact) mass is 547 g/mol. The summed E-state index contributed by atoms with van der Waals surface area (Å²) in [6, 6.07) is 12.6. The Kier molecular flexibility index (Phi) is 6.39. The maximum absolute atomic E-state index is 13.0. The SMILES string of the molecule is O=C(NN(C(=O)c1cccc(Br)c1)c1nc(C(F)(F)F)cs1)c1cccc(Br)c1. The van der Waals surface area contributed by atoms with E-state index in [1.807, 2.05) is 0 Å². The fraction of sp³-hybridized carbons (Fsp3) is 0.0556.